The number of hydrogen-bond donors (Lipinski definition) is 3. The van der Waals surface area contributed by atoms with Crippen LogP contribution >= 0.6 is 0 Å². The van der Waals surface area contributed by atoms with E-state index in [1.54, 1.807) is 18.3 Å². The molecule has 0 fully saturated rings. The summed E-state index contributed by atoms with van der Waals surface area (Å²) in [4.78, 5) is 3.71. The SMILES string of the molecule is CN1C=C(N)N=C(N)N1. The molecule has 0 aromatic rings. The Labute approximate surface area is 53.0 Å². The molecule has 5 nitrogen and oxygen atoms in total. The van der Waals surface area contributed by atoms with Crippen molar-refractivity contribution < 1.29 is 0 Å². The minimum absolute atomic E-state index is 0.317. The molecule has 50 valence electrons. The van der Waals surface area contributed by atoms with Crippen molar-refractivity contribution in [2.24, 2.45) is 16.5 Å². The standard InChI is InChI=1S/C4H9N5/c1-9-2-3(5)7-4(6)8-9/h2H,5H2,1H3,(H3,6,7,8). The van der Waals surface area contributed by atoms with E-state index in [2.05, 4.69) is 10.4 Å². The number of nitrogens with one attached hydrogen (secondary N) is 1. The first kappa shape index (κ1) is 5.74. The van der Waals surface area contributed by atoms with E-state index in [0.29, 0.717) is 11.8 Å². The second kappa shape index (κ2) is 1.85. The fourth-order valence-electron chi connectivity index (χ4n) is 0.604. The van der Waals surface area contributed by atoms with Crippen molar-refractivity contribution in [3.63, 3.8) is 0 Å². The van der Waals surface area contributed by atoms with Gasteiger partial charge in [0.1, 0.15) is 5.82 Å². The first-order valence-electron chi connectivity index (χ1n) is 2.49. The van der Waals surface area contributed by atoms with Crippen molar-refractivity contribution in [2.75, 3.05) is 7.05 Å². The van der Waals surface area contributed by atoms with Gasteiger partial charge in [0.2, 0.25) is 5.96 Å². The fraction of sp³-hybridized carbons (Fsp3) is 0.250. The van der Waals surface area contributed by atoms with Gasteiger partial charge in [-0.1, -0.05) is 0 Å². The molecule has 0 unspecified atom stereocenters. The highest BCUT2D eigenvalue weighted by molar-refractivity contribution is 5.79. The Morgan fingerprint density at radius 1 is 1.67 bits per heavy atom. The number of aliphatic imine (C=N–C) groups is 1. The maximum absolute atomic E-state index is 5.33. The predicted octanol–water partition coefficient (Wildman–Crippen LogP) is -1.49. The Balaban J connectivity index is 2.74. The number of nitrogens with two attached hydrogens (primary N) is 2. The van der Waals surface area contributed by atoms with Gasteiger partial charge in [-0.2, -0.15) is 4.99 Å². The van der Waals surface area contributed by atoms with E-state index in [-0.39, 0.29) is 0 Å². The highest BCUT2D eigenvalue weighted by Gasteiger charge is 2.01. The van der Waals surface area contributed by atoms with Gasteiger partial charge in [0, 0.05) is 7.05 Å². The Morgan fingerprint density at radius 3 is 2.78 bits per heavy atom. The van der Waals surface area contributed by atoms with Gasteiger partial charge in [0.25, 0.3) is 0 Å². The molecule has 0 aromatic carbocycles. The number of nitrogens with zero attached hydrogens (tertiary/aromatic N) is 2. The second-order valence-corrected chi connectivity index (χ2v) is 1.77. The van der Waals surface area contributed by atoms with E-state index in [0.717, 1.165) is 0 Å². The van der Waals surface area contributed by atoms with Crippen molar-refractivity contribution in [3.8, 4) is 0 Å². The lowest BCUT2D eigenvalue weighted by Gasteiger charge is -2.19. The lowest BCUT2D eigenvalue weighted by molar-refractivity contribution is 0.394. The molecule has 9 heavy (non-hydrogen) atoms. The zero-order valence-corrected chi connectivity index (χ0v) is 5.13. The van der Waals surface area contributed by atoms with Gasteiger partial charge in [-0.15, -0.1) is 0 Å². The van der Waals surface area contributed by atoms with Crippen molar-refractivity contribution in [2.45, 2.75) is 0 Å². The maximum atomic E-state index is 5.33. The molecule has 5 heteroatoms. The van der Waals surface area contributed by atoms with Crippen molar-refractivity contribution in [1.82, 2.24) is 10.4 Å². The summed E-state index contributed by atoms with van der Waals surface area (Å²) in [5, 5.41) is 1.64. The first-order chi connectivity index (χ1) is 4.18. The van der Waals surface area contributed by atoms with Gasteiger partial charge in [-0.05, 0) is 0 Å². The molecule has 5 N–H and O–H groups in total. The third-order valence-corrected chi connectivity index (χ3v) is 0.866. The van der Waals surface area contributed by atoms with Gasteiger partial charge < -0.3 is 11.5 Å². The van der Waals surface area contributed by atoms with Gasteiger partial charge >= 0.3 is 0 Å². The summed E-state index contributed by atoms with van der Waals surface area (Å²) < 4.78 is 0. The quantitative estimate of drug-likeness (QED) is 0.370. The molecular weight excluding hydrogens is 118 g/mol. The predicted molar refractivity (Wildman–Crippen MR) is 34.8 cm³/mol. The zero-order chi connectivity index (χ0) is 6.85. The summed E-state index contributed by atoms with van der Waals surface area (Å²) in [6.07, 6.45) is 1.64. The van der Waals surface area contributed by atoms with E-state index in [1.165, 1.54) is 0 Å². The van der Waals surface area contributed by atoms with Crippen LogP contribution in [0.4, 0.5) is 0 Å². The van der Waals surface area contributed by atoms with E-state index in [9.17, 15) is 0 Å². The topological polar surface area (TPSA) is 79.7 Å². The van der Waals surface area contributed by atoms with Crippen LogP contribution < -0.4 is 16.9 Å². The highest BCUT2D eigenvalue weighted by atomic mass is 15.5. The summed E-state index contributed by atoms with van der Waals surface area (Å²) in [5.41, 5.74) is 13.3. The van der Waals surface area contributed by atoms with E-state index < -0.39 is 0 Å². The largest absolute Gasteiger partial charge is 0.382 e. The van der Waals surface area contributed by atoms with Crippen LogP contribution in [-0.4, -0.2) is 18.0 Å². The van der Waals surface area contributed by atoms with Crippen LogP contribution in [0.15, 0.2) is 17.0 Å². The third-order valence-electron chi connectivity index (χ3n) is 0.866. The molecule has 0 saturated heterocycles. The number of guanidine groups is 1. The van der Waals surface area contributed by atoms with Crippen LogP contribution in [0.3, 0.4) is 0 Å². The van der Waals surface area contributed by atoms with Gasteiger partial charge in [0.05, 0.1) is 6.20 Å². The van der Waals surface area contributed by atoms with Gasteiger partial charge in [-0.25, -0.2) is 0 Å². The highest BCUT2D eigenvalue weighted by Crippen LogP contribution is 1.92. The lowest BCUT2D eigenvalue weighted by atomic mass is 10.7. The molecule has 0 radical (unpaired) electrons. The van der Waals surface area contributed by atoms with E-state index >= 15 is 0 Å². The molecule has 0 aliphatic carbocycles. The van der Waals surface area contributed by atoms with Crippen LogP contribution in [-0.2, 0) is 0 Å². The van der Waals surface area contributed by atoms with Crippen molar-refractivity contribution in [1.29, 1.82) is 0 Å². The van der Waals surface area contributed by atoms with Crippen LogP contribution in [0.2, 0.25) is 0 Å². The molecule has 1 aliphatic heterocycles. The van der Waals surface area contributed by atoms with Crippen LogP contribution in [0.25, 0.3) is 0 Å². The normalized spacial score (nSPS) is 18.1. The second-order valence-electron chi connectivity index (χ2n) is 1.77. The Kier molecular flexibility index (Phi) is 1.18. The lowest BCUT2D eigenvalue weighted by Crippen LogP contribution is -2.43. The molecule has 0 atom stereocenters. The minimum Gasteiger partial charge on any atom is -0.382 e. The van der Waals surface area contributed by atoms with Crippen LogP contribution in [0.1, 0.15) is 0 Å². The zero-order valence-electron chi connectivity index (χ0n) is 5.13. The number of rotatable bonds is 0. The monoisotopic (exact) mass is 127 g/mol. The maximum Gasteiger partial charge on any atom is 0.214 e. The summed E-state index contributed by atoms with van der Waals surface area (Å²) in [6.45, 7) is 0. The van der Waals surface area contributed by atoms with E-state index in [4.69, 9.17) is 11.5 Å². The molecule has 0 aromatic heterocycles. The van der Waals surface area contributed by atoms with Crippen molar-refractivity contribution in [3.05, 3.63) is 12.0 Å². The Hall–Kier alpha value is -1.39. The average molecular weight is 127 g/mol. The summed E-state index contributed by atoms with van der Waals surface area (Å²) >= 11 is 0. The number of hydrogen-bond acceptors (Lipinski definition) is 5. The molecule has 0 bridgehead atoms. The molecule has 0 spiro atoms. The average Bonchev–Trinajstić information content (AvgIpc) is 1.59. The van der Waals surface area contributed by atoms with E-state index in [1.807, 2.05) is 0 Å². The molecule has 1 aliphatic rings. The molecular formula is C4H9N5. The summed E-state index contributed by atoms with van der Waals surface area (Å²) in [5.74, 6) is 0.728. The number of hydrazine groups is 1. The Bertz CT molecular complexity index is 170. The molecule has 0 saturated carbocycles. The summed E-state index contributed by atoms with van der Waals surface area (Å²) in [6, 6.07) is 0. The molecule has 1 rings (SSSR count). The molecule has 0 amide bonds. The smallest absolute Gasteiger partial charge is 0.214 e. The minimum atomic E-state index is 0.317. The Morgan fingerprint density at radius 2 is 2.33 bits per heavy atom. The van der Waals surface area contributed by atoms with Crippen LogP contribution in [0, 0.1) is 0 Å². The molecule has 1 heterocycles. The first-order valence-corrected chi connectivity index (χ1v) is 2.49. The van der Waals surface area contributed by atoms with Crippen molar-refractivity contribution >= 4 is 5.96 Å². The van der Waals surface area contributed by atoms with Gasteiger partial charge in [-0.3, -0.25) is 10.4 Å². The van der Waals surface area contributed by atoms with Gasteiger partial charge in [0.15, 0.2) is 0 Å². The summed E-state index contributed by atoms with van der Waals surface area (Å²) in [7, 11) is 1.79. The fourth-order valence-corrected chi connectivity index (χ4v) is 0.604. The van der Waals surface area contributed by atoms with Crippen LogP contribution in [0.5, 0.6) is 0 Å². The third kappa shape index (κ3) is 1.25.